The number of fused-ring (bicyclic) bond motifs is 2. The van der Waals surface area contributed by atoms with E-state index in [2.05, 4.69) is 75.5 Å². The number of guanidine groups is 1. The predicted molar refractivity (Wildman–Crippen MR) is 137 cm³/mol. The molecule has 2 aromatic heterocycles. The van der Waals surface area contributed by atoms with Crippen LogP contribution in [0.15, 0.2) is 29.4 Å². The normalized spacial score (nSPS) is 16.1. The lowest BCUT2D eigenvalue weighted by Gasteiger charge is -2.25. The van der Waals surface area contributed by atoms with Crippen molar-refractivity contribution in [1.82, 2.24) is 30.4 Å². The second kappa shape index (κ2) is 11.0. The molecule has 1 aromatic carbocycles. The topological polar surface area (TPSA) is 82.9 Å². The third-order valence-electron chi connectivity index (χ3n) is 5.82. The Morgan fingerprint density at radius 3 is 2.87 bits per heavy atom. The van der Waals surface area contributed by atoms with Crippen LogP contribution in [0.4, 0.5) is 0 Å². The lowest BCUT2D eigenvalue weighted by molar-refractivity contribution is 0.392. The van der Waals surface area contributed by atoms with Gasteiger partial charge in [0.1, 0.15) is 5.82 Å². The number of nitrogens with zero attached hydrogens (tertiary/aromatic N) is 4. The van der Waals surface area contributed by atoms with E-state index in [4.69, 9.17) is 4.99 Å². The second-order valence-electron chi connectivity index (χ2n) is 7.88. The van der Waals surface area contributed by atoms with Crippen molar-refractivity contribution in [2.45, 2.75) is 65.5 Å². The molecule has 0 saturated heterocycles. The van der Waals surface area contributed by atoms with Crippen molar-refractivity contribution in [3.8, 4) is 0 Å². The molecule has 3 N–H and O–H groups in total. The number of aromatic amines is 1. The molecule has 1 aliphatic rings. The lowest BCUT2D eigenvalue weighted by Crippen LogP contribution is -2.47. The van der Waals surface area contributed by atoms with Crippen LogP contribution in [-0.4, -0.2) is 44.8 Å². The first-order valence-electron chi connectivity index (χ1n) is 11.3. The highest BCUT2D eigenvalue weighted by atomic mass is 127. The fourth-order valence-corrected chi connectivity index (χ4v) is 4.21. The van der Waals surface area contributed by atoms with E-state index >= 15 is 0 Å². The number of rotatable bonds is 7. The minimum absolute atomic E-state index is 0. The number of benzene rings is 1. The molecular weight excluding hydrogens is 501 g/mol. The van der Waals surface area contributed by atoms with Gasteiger partial charge in [0.25, 0.3) is 0 Å². The summed E-state index contributed by atoms with van der Waals surface area (Å²) >= 11 is 0. The highest BCUT2D eigenvalue weighted by Gasteiger charge is 2.22. The molecule has 0 amide bonds. The van der Waals surface area contributed by atoms with Gasteiger partial charge in [-0.15, -0.1) is 24.0 Å². The number of nitrogens with one attached hydrogen (secondary N) is 3. The Morgan fingerprint density at radius 2 is 2.10 bits per heavy atom. The Morgan fingerprint density at radius 1 is 1.23 bits per heavy atom. The molecule has 1 atom stereocenters. The van der Waals surface area contributed by atoms with Crippen LogP contribution in [0.1, 0.15) is 50.0 Å². The van der Waals surface area contributed by atoms with E-state index in [0.29, 0.717) is 6.04 Å². The molecule has 4 rings (SSSR count). The van der Waals surface area contributed by atoms with E-state index in [1.54, 1.807) is 0 Å². The summed E-state index contributed by atoms with van der Waals surface area (Å²) in [6, 6.07) is 6.87. The Bertz CT molecular complexity index is 1020. The molecule has 1 aliphatic heterocycles. The van der Waals surface area contributed by atoms with E-state index in [0.717, 1.165) is 69.3 Å². The number of hydrogen-bond donors (Lipinski definition) is 3. The molecule has 7 nitrogen and oxygen atoms in total. The van der Waals surface area contributed by atoms with Crippen molar-refractivity contribution in [3.05, 3.63) is 47.2 Å². The highest BCUT2D eigenvalue weighted by molar-refractivity contribution is 14.0. The maximum atomic E-state index is 4.84. The van der Waals surface area contributed by atoms with Crippen LogP contribution >= 0.6 is 24.0 Å². The van der Waals surface area contributed by atoms with Crippen molar-refractivity contribution in [1.29, 1.82) is 0 Å². The fourth-order valence-electron chi connectivity index (χ4n) is 4.21. The number of halogens is 1. The van der Waals surface area contributed by atoms with Gasteiger partial charge >= 0.3 is 0 Å². The average molecular weight is 535 g/mol. The molecule has 0 aliphatic carbocycles. The minimum Gasteiger partial charge on any atom is -0.361 e. The van der Waals surface area contributed by atoms with Crippen molar-refractivity contribution in [2.24, 2.45) is 4.99 Å². The summed E-state index contributed by atoms with van der Waals surface area (Å²) in [5.41, 5.74) is 3.96. The third-order valence-corrected chi connectivity index (χ3v) is 5.82. The van der Waals surface area contributed by atoms with E-state index in [1.807, 2.05) is 0 Å². The number of para-hydroxylation sites is 1. The van der Waals surface area contributed by atoms with Crippen molar-refractivity contribution in [3.63, 3.8) is 0 Å². The van der Waals surface area contributed by atoms with Gasteiger partial charge in [0.15, 0.2) is 11.8 Å². The number of aryl methyl sites for hydroxylation is 3. The molecule has 168 valence electrons. The van der Waals surface area contributed by atoms with Crippen LogP contribution in [0.5, 0.6) is 0 Å². The summed E-state index contributed by atoms with van der Waals surface area (Å²) in [6.07, 6.45) is 6.99. The minimum atomic E-state index is 0. The van der Waals surface area contributed by atoms with Gasteiger partial charge in [0.05, 0.1) is 6.54 Å². The van der Waals surface area contributed by atoms with Gasteiger partial charge in [0.2, 0.25) is 0 Å². The SMILES string of the molecule is CCNC(=NCCc1c[nH]c2c(CC)cccc12)NC1CCc2nc(CC)nn2C1.I. The number of aliphatic imine (C=N–C) groups is 1. The van der Waals surface area contributed by atoms with Crippen LogP contribution in [-0.2, 0) is 32.2 Å². The van der Waals surface area contributed by atoms with Gasteiger partial charge in [-0.25, -0.2) is 9.67 Å². The molecule has 0 spiro atoms. The van der Waals surface area contributed by atoms with Crippen molar-refractivity contribution >= 4 is 40.8 Å². The Balaban J connectivity index is 0.00000272. The van der Waals surface area contributed by atoms with Gasteiger partial charge in [-0.05, 0) is 37.3 Å². The average Bonchev–Trinajstić information content (AvgIpc) is 3.37. The monoisotopic (exact) mass is 535 g/mol. The van der Waals surface area contributed by atoms with Crippen molar-refractivity contribution in [2.75, 3.05) is 13.1 Å². The van der Waals surface area contributed by atoms with E-state index in [1.165, 1.54) is 22.0 Å². The number of H-pyrrole nitrogens is 1. The smallest absolute Gasteiger partial charge is 0.191 e. The van der Waals surface area contributed by atoms with Gasteiger partial charge < -0.3 is 15.6 Å². The molecule has 8 heteroatoms. The van der Waals surface area contributed by atoms with Gasteiger partial charge in [-0.2, -0.15) is 5.10 Å². The van der Waals surface area contributed by atoms with Crippen LogP contribution in [0.25, 0.3) is 10.9 Å². The lowest BCUT2D eigenvalue weighted by atomic mass is 10.1. The van der Waals surface area contributed by atoms with Crippen LogP contribution in [0, 0.1) is 0 Å². The molecule has 0 radical (unpaired) electrons. The zero-order chi connectivity index (χ0) is 20.9. The van der Waals surface area contributed by atoms with Gasteiger partial charge in [-0.1, -0.05) is 32.0 Å². The highest BCUT2D eigenvalue weighted by Crippen LogP contribution is 2.22. The summed E-state index contributed by atoms with van der Waals surface area (Å²) in [4.78, 5) is 12.9. The number of aromatic nitrogens is 4. The summed E-state index contributed by atoms with van der Waals surface area (Å²) in [6.45, 7) is 8.84. The Labute approximate surface area is 201 Å². The summed E-state index contributed by atoms with van der Waals surface area (Å²) in [7, 11) is 0. The third kappa shape index (κ3) is 5.39. The van der Waals surface area contributed by atoms with Crippen molar-refractivity contribution < 1.29 is 0 Å². The number of hydrogen-bond acceptors (Lipinski definition) is 3. The molecule has 1 unspecified atom stereocenters. The largest absolute Gasteiger partial charge is 0.361 e. The second-order valence-corrected chi connectivity index (χ2v) is 7.88. The molecule has 31 heavy (non-hydrogen) atoms. The Kier molecular flexibility index (Phi) is 8.34. The van der Waals surface area contributed by atoms with Crippen LogP contribution in [0.3, 0.4) is 0 Å². The molecule has 3 aromatic rings. The molecule has 0 fully saturated rings. The molecular formula is C23H34IN7. The first-order valence-corrected chi connectivity index (χ1v) is 11.3. The maximum absolute atomic E-state index is 4.84. The predicted octanol–water partition coefficient (Wildman–Crippen LogP) is 3.61. The summed E-state index contributed by atoms with van der Waals surface area (Å²) < 4.78 is 2.06. The maximum Gasteiger partial charge on any atom is 0.191 e. The first kappa shape index (κ1) is 23.6. The zero-order valence-electron chi connectivity index (χ0n) is 18.7. The zero-order valence-corrected chi connectivity index (χ0v) is 21.1. The quantitative estimate of drug-likeness (QED) is 0.245. The van der Waals surface area contributed by atoms with Gasteiger partial charge in [-0.3, -0.25) is 4.99 Å². The fraction of sp³-hybridized carbons (Fsp3) is 0.522. The standard InChI is InChI=1S/C23H33N7.HI/c1-4-16-8-7-9-19-17(14-26-22(16)19)12-13-25-23(24-6-3)27-18-10-11-21-28-20(5-2)29-30(21)15-18;/h7-9,14,18,26H,4-6,10-13,15H2,1-3H3,(H2,24,25,27);1H. The Hall–Kier alpha value is -2.10. The van der Waals surface area contributed by atoms with Gasteiger partial charge in [0, 0.05) is 49.1 Å². The summed E-state index contributed by atoms with van der Waals surface area (Å²) in [5.74, 6) is 2.93. The van der Waals surface area contributed by atoms with Crippen LogP contribution < -0.4 is 10.6 Å². The van der Waals surface area contributed by atoms with E-state index in [9.17, 15) is 0 Å². The molecule has 0 saturated carbocycles. The van der Waals surface area contributed by atoms with Crippen LogP contribution in [0.2, 0.25) is 0 Å². The molecule has 0 bridgehead atoms. The van der Waals surface area contributed by atoms with E-state index < -0.39 is 0 Å². The summed E-state index contributed by atoms with van der Waals surface area (Å²) in [5, 5.41) is 12.9. The first-order chi connectivity index (χ1) is 14.7. The van der Waals surface area contributed by atoms with E-state index in [-0.39, 0.29) is 24.0 Å². The molecule has 3 heterocycles.